The number of hydrogen-bond acceptors (Lipinski definition) is 5. The van der Waals surface area contributed by atoms with E-state index in [0.717, 1.165) is 44.4 Å². The van der Waals surface area contributed by atoms with E-state index in [-0.39, 0.29) is 5.91 Å². The van der Waals surface area contributed by atoms with Crippen LogP contribution in [0.15, 0.2) is 22.8 Å². The summed E-state index contributed by atoms with van der Waals surface area (Å²) >= 11 is 1.67. The number of nitrogens with one attached hydrogen (secondary N) is 1. The lowest BCUT2D eigenvalue weighted by molar-refractivity contribution is -0.118. The molecular formula is C13H20N2O3S. The Morgan fingerprint density at radius 3 is 3.00 bits per heavy atom. The van der Waals surface area contributed by atoms with Crippen molar-refractivity contribution in [2.45, 2.75) is 6.54 Å². The fraction of sp³-hybridized carbons (Fsp3) is 0.615. The Balaban J connectivity index is 1.49. The molecule has 6 heteroatoms. The molecule has 1 aliphatic heterocycles. The zero-order chi connectivity index (χ0) is 13.3. The van der Waals surface area contributed by atoms with Gasteiger partial charge < -0.3 is 14.5 Å². The van der Waals surface area contributed by atoms with Crippen LogP contribution in [0.4, 0.5) is 0 Å². The Hall–Kier alpha value is -0.980. The zero-order valence-corrected chi connectivity index (χ0v) is 11.8. The maximum absolute atomic E-state index is 11.6. The summed E-state index contributed by atoms with van der Waals surface area (Å²) in [6.45, 7) is 5.16. The van der Waals surface area contributed by atoms with E-state index in [1.165, 1.54) is 0 Å². The summed E-state index contributed by atoms with van der Waals surface area (Å²) in [6.07, 6.45) is 1.61. The van der Waals surface area contributed by atoms with E-state index in [0.29, 0.717) is 12.3 Å². The second kappa shape index (κ2) is 8.24. The Bertz CT molecular complexity index is 364. The second-order valence-electron chi connectivity index (χ2n) is 4.36. The number of ether oxygens (including phenoxy) is 1. The molecule has 1 aliphatic rings. The maximum atomic E-state index is 11.6. The van der Waals surface area contributed by atoms with Crippen molar-refractivity contribution >= 4 is 17.7 Å². The van der Waals surface area contributed by atoms with Crippen LogP contribution in [0.3, 0.4) is 0 Å². The van der Waals surface area contributed by atoms with Crippen molar-refractivity contribution in [3.8, 4) is 0 Å². The van der Waals surface area contributed by atoms with Crippen LogP contribution in [0.25, 0.3) is 0 Å². The van der Waals surface area contributed by atoms with Gasteiger partial charge in [-0.15, -0.1) is 0 Å². The van der Waals surface area contributed by atoms with Crippen molar-refractivity contribution in [2.24, 2.45) is 0 Å². The van der Waals surface area contributed by atoms with Gasteiger partial charge in [0.1, 0.15) is 5.76 Å². The molecule has 106 valence electrons. The van der Waals surface area contributed by atoms with Crippen molar-refractivity contribution in [1.82, 2.24) is 10.2 Å². The standard InChI is InChI=1S/C13H20N2O3S/c16-13(14-10-12-2-1-6-18-12)11-19-9-5-15-3-7-17-8-4-15/h1-2,6H,3-5,7-11H2,(H,14,16). The maximum Gasteiger partial charge on any atom is 0.230 e. The minimum absolute atomic E-state index is 0.0587. The topological polar surface area (TPSA) is 54.7 Å². The Kier molecular flexibility index (Phi) is 6.26. The molecule has 1 fully saturated rings. The minimum atomic E-state index is 0.0587. The van der Waals surface area contributed by atoms with Crippen LogP contribution in [-0.2, 0) is 16.1 Å². The number of rotatable bonds is 7. The van der Waals surface area contributed by atoms with Crippen molar-refractivity contribution < 1.29 is 13.9 Å². The number of amides is 1. The van der Waals surface area contributed by atoms with Crippen LogP contribution >= 0.6 is 11.8 Å². The van der Waals surface area contributed by atoms with Crippen LogP contribution in [0.5, 0.6) is 0 Å². The third-order valence-electron chi connectivity index (χ3n) is 2.93. The van der Waals surface area contributed by atoms with Gasteiger partial charge in [-0.1, -0.05) is 0 Å². The predicted octanol–water partition coefficient (Wildman–Crippen LogP) is 0.961. The van der Waals surface area contributed by atoms with E-state index in [4.69, 9.17) is 9.15 Å². The lowest BCUT2D eigenvalue weighted by atomic mass is 10.4. The molecule has 0 saturated carbocycles. The highest BCUT2D eigenvalue weighted by Crippen LogP contribution is 2.04. The van der Waals surface area contributed by atoms with Gasteiger partial charge in [0, 0.05) is 25.4 Å². The number of thioether (sulfide) groups is 1. The van der Waals surface area contributed by atoms with Gasteiger partial charge in [0.15, 0.2) is 0 Å². The zero-order valence-electron chi connectivity index (χ0n) is 11.0. The number of furan rings is 1. The van der Waals surface area contributed by atoms with Crippen LogP contribution in [0.1, 0.15) is 5.76 Å². The van der Waals surface area contributed by atoms with E-state index >= 15 is 0 Å². The molecule has 19 heavy (non-hydrogen) atoms. The van der Waals surface area contributed by atoms with E-state index in [9.17, 15) is 4.79 Å². The van der Waals surface area contributed by atoms with E-state index in [2.05, 4.69) is 10.2 Å². The monoisotopic (exact) mass is 284 g/mol. The highest BCUT2D eigenvalue weighted by atomic mass is 32.2. The van der Waals surface area contributed by atoms with E-state index in [1.807, 2.05) is 12.1 Å². The minimum Gasteiger partial charge on any atom is -0.467 e. The largest absolute Gasteiger partial charge is 0.467 e. The van der Waals surface area contributed by atoms with Crippen LogP contribution in [-0.4, -0.2) is 55.2 Å². The third kappa shape index (κ3) is 5.67. The average Bonchev–Trinajstić information content (AvgIpc) is 2.96. The summed E-state index contributed by atoms with van der Waals surface area (Å²) in [5.74, 6) is 2.33. The Labute approximate surface area is 117 Å². The highest BCUT2D eigenvalue weighted by molar-refractivity contribution is 7.99. The van der Waals surface area contributed by atoms with Crippen molar-refractivity contribution in [3.05, 3.63) is 24.2 Å². The number of hydrogen-bond donors (Lipinski definition) is 1. The molecule has 1 amide bonds. The van der Waals surface area contributed by atoms with Gasteiger partial charge in [0.25, 0.3) is 0 Å². The molecule has 0 radical (unpaired) electrons. The number of morpholine rings is 1. The van der Waals surface area contributed by atoms with Crippen molar-refractivity contribution in [2.75, 3.05) is 44.4 Å². The Morgan fingerprint density at radius 1 is 1.42 bits per heavy atom. The van der Waals surface area contributed by atoms with Gasteiger partial charge in [-0.2, -0.15) is 11.8 Å². The fourth-order valence-electron chi connectivity index (χ4n) is 1.83. The summed E-state index contributed by atoms with van der Waals surface area (Å²) in [6, 6.07) is 3.67. The molecule has 0 atom stereocenters. The molecule has 2 heterocycles. The van der Waals surface area contributed by atoms with E-state index < -0.39 is 0 Å². The first-order valence-corrected chi connectivity index (χ1v) is 7.67. The molecule has 5 nitrogen and oxygen atoms in total. The van der Waals surface area contributed by atoms with E-state index in [1.54, 1.807) is 18.0 Å². The molecule has 2 rings (SSSR count). The lowest BCUT2D eigenvalue weighted by Gasteiger charge is -2.26. The van der Waals surface area contributed by atoms with Gasteiger partial charge in [-0.3, -0.25) is 9.69 Å². The molecule has 1 saturated heterocycles. The summed E-state index contributed by atoms with van der Waals surface area (Å²) < 4.78 is 10.4. The first kappa shape index (κ1) is 14.4. The quantitative estimate of drug-likeness (QED) is 0.756. The molecule has 0 aromatic carbocycles. The van der Waals surface area contributed by atoms with Gasteiger partial charge in [0.2, 0.25) is 5.91 Å². The summed E-state index contributed by atoms with van der Waals surface area (Å²) in [5.41, 5.74) is 0. The summed E-state index contributed by atoms with van der Waals surface area (Å²) in [5, 5.41) is 2.84. The fourth-order valence-corrected chi connectivity index (χ4v) is 2.65. The Morgan fingerprint density at radius 2 is 2.26 bits per heavy atom. The smallest absolute Gasteiger partial charge is 0.230 e. The molecule has 0 spiro atoms. The summed E-state index contributed by atoms with van der Waals surface area (Å²) in [4.78, 5) is 14.0. The molecule has 1 N–H and O–H groups in total. The first-order chi connectivity index (χ1) is 9.34. The number of carbonyl (C=O) groups excluding carboxylic acids is 1. The number of nitrogens with zero attached hydrogens (tertiary/aromatic N) is 1. The lowest BCUT2D eigenvalue weighted by Crippen LogP contribution is -2.37. The molecule has 1 aromatic rings. The summed E-state index contributed by atoms with van der Waals surface area (Å²) in [7, 11) is 0. The van der Waals surface area contributed by atoms with Gasteiger partial charge in [0.05, 0.1) is 31.8 Å². The average molecular weight is 284 g/mol. The van der Waals surface area contributed by atoms with Gasteiger partial charge in [-0.25, -0.2) is 0 Å². The molecule has 0 bridgehead atoms. The first-order valence-electron chi connectivity index (χ1n) is 6.51. The van der Waals surface area contributed by atoms with Crippen molar-refractivity contribution in [1.29, 1.82) is 0 Å². The van der Waals surface area contributed by atoms with Crippen molar-refractivity contribution in [3.63, 3.8) is 0 Å². The second-order valence-corrected chi connectivity index (χ2v) is 5.47. The van der Waals surface area contributed by atoms with Gasteiger partial charge >= 0.3 is 0 Å². The molecule has 0 unspecified atom stereocenters. The third-order valence-corrected chi connectivity index (χ3v) is 3.87. The van der Waals surface area contributed by atoms with Gasteiger partial charge in [-0.05, 0) is 12.1 Å². The van der Waals surface area contributed by atoms with Crippen LogP contribution in [0.2, 0.25) is 0 Å². The van der Waals surface area contributed by atoms with Crippen LogP contribution in [0, 0.1) is 0 Å². The van der Waals surface area contributed by atoms with Crippen LogP contribution < -0.4 is 5.32 Å². The molecule has 1 aromatic heterocycles. The molecule has 0 aliphatic carbocycles. The number of carbonyl (C=O) groups is 1. The normalized spacial score (nSPS) is 16.4. The highest BCUT2D eigenvalue weighted by Gasteiger charge is 2.10. The SMILES string of the molecule is O=C(CSCCN1CCOCC1)NCc1ccco1. The predicted molar refractivity (Wildman–Crippen MR) is 75.1 cm³/mol. The molecular weight excluding hydrogens is 264 g/mol.